The summed E-state index contributed by atoms with van der Waals surface area (Å²) >= 11 is 0. The molecule has 0 aliphatic heterocycles. The van der Waals surface area contributed by atoms with Gasteiger partial charge in [0, 0.05) is 31.3 Å². The van der Waals surface area contributed by atoms with Crippen LogP contribution in [0.25, 0.3) is 0 Å². The Balaban J connectivity index is 1.72. The molecule has 0 saturated carbocycles. The fraction of sp³-hybridized carbons (Fsp3) is 0.364. The molecule has 2 rings (SSSR count). The molecule has 0 spiro atoms. The molecule has 26 heavy (non-hydrogen) atoms. The predicted molar refractivity (Wildman–Crippen MR) is 107 cm³/mol. The summed E-state index contributed by atoms with van der Waals surface area (Å²) in [5, 5.41) is 2.90. The number of hydrogen-bond acceptors (Lipinski definition) is 2. The number of para-hydroxylation sites is 1. The van der Waals surface area contributed by atoms with Crippen LogP contribution in [0.2, 0.25) is 0 Å². The van der Waals surface area contributed by atoms with Crippen molar-refractivity contribution in [2.75, 3.05) is 17.3 Å². The van der Waals surface area contributed by atoms with Crippen LogP contribution in [0.3, 0.4) is 0 Å². The van der Waals surface area contributed by atoms with Crippen LogP contribution in [-0.4, -0.2) is 18.9 Å². The molecule has 2 aromatic carbocycles. The minimum atomic E-state index is -0.0542. The Morgan fingerprint density at radius 3 is 2.27 bits per heavy atom. The Morgan fingerprint density at radius 1 is 0.923 bits per heavy atom. The number of rotatable bonds is 9. The standard InChI is InChI=1S/C22H28N2O2/c1-3-4-9-18-14-16-19(17-15-18)23-21(25)12-8-13-22(26)24(2)20-10-6-5-7-11-20/h5-7,10-11,14-17H,3-4,8-9,12-13H2,1-2H3,(H,23,25). The van der Waals surface area contributed by atoms with E-state index in [0.717, 1.165) is 17.8 Å². The van der Waals surface area contributed by atoms with Crippen molar-refractivity contribution >= 4 is 23.2 Å². The molecule has 0 unspecified atom stereocenters. The van der Waals surface area contributed by atoms with Gasteiger partial charge in [0.2, 0.25) is 11.8 Å². The van der Waals surface area contributed by atoms with Crippen LogP contribution < -0.4 is 10.2 Å². The van der Waals surface area contributed by atoms with E-state index in [-0.39, 0.29) is 11.8 Å². The lowest BCUT2D eigenvalue weighted by Gasteiger charge is -2.17. The van der Waals surface area contributed by atoms with Gasteiger partial charge in [-0.25, -0.2) is 0 Å². The molecule has 1 N–H and O–H groups in total. The van der Waals surface area contributed by atoms with Crippen molar-refractivity contribution < 1.29 is 9.59 Å². The van der Waals surface area contributed by atoms with E-state index in [1.54, 1.807) is 11.9 Å². The normalized spacial score (nSPS) is 10.4. The summed E-state index contributed by atoms with van der Waals surface area (Å²) in [7, 11) is 1.76. The third kappa shape index (κ3) is 6.36. The van der Waals surface area contributed by atoms with Gasteiger partial charge in [0.1, 0.15) is 0 Å². The largest absolute Gasteiger partial charge is 0.326 e. The number of carbonyl (C=O) groups is 2. The van der Waals surface area contributed by atoms with Crippen LogP contribution in [-0.2, 0) is 16.0 Å². The third-order valence-electron chi connectivity index (χ3n) is 4.37. The van der Waals surface area contributed by atoms with Crippen molar-refractivity contribution in [1.82, 2.24) is 0 Å². The van der Waals surface area contributed by atoms with Crippen molar-refractivity contribution in [3.8, 4) is 0 Å². The van der Waals surface area contributed by atoms with Crippen molar-refractivity contribution in [2.45, 2.75) is 45.4 Å². The first kappa shape index (κ1) is 19.7. The number of unbranched alkanes of at least 4 members (excludes halogenated alkanes) is 1. The maximum absolute atomic E-state index is 12.2. The summed E-state index contributed by atoms with van der Waals surface area (Å²) in [6.45, 7) is 2.18. The van der Waals surface area contributed by atoms with Crippen molar-refractivity contribution in [1.29, 1.82) is 0 Å². The van der Waals surface area contributed by atoms with E-state index >= 15 is 0 Å². The Bertz CT molecular complexity index is 696. The lowest BCUT2D eigenvalue weighted by molar-refractivity contribution is -0.118. The smallest absolute Gasteiger partial charge is 0.226 e. The summed E-state index contributed by atoms with van der Waals surface area (Å²) < 4.78 is 0. The number of hydrogen-bond donors (Lipinski definition) is 1. The van der Waals surface area contributed by atoms with Crippen LogP contribution in [0.4, 0.5) is 11.4 Å². The number of nitrogens with one attached hydrogen (secondary N) is 1. The lowest BCUT2D eigenvalue weighted by Crippen LogP contribution is -2.26. The van der Waals surface area contributed by atoms with Gasteiger partial charge in [-0.3, -0.25) is 9.59 Å². The SMILES string of the molecule is CCCCc1ccc(NC(=O)CCCC(=O)N(C)c2ccccc2)cc1. The maximum atomic E-state index is 12.2. The Hall–Kier alpha value is -2.62. The molecule has 138 valence electrons. The first-order chi connectivity index (χ1) is 12.6. The van der Waals surface area contributed by atoms with Gasteiger partial charge < -0.3 is 10.2 Å². The number of amides is 2. The van der Waals surface area contributed by atoms with E-state index in [4.69, 9.17) is 0 Å². The van der Waals surface area contributed by atoms with Gasteiger partial charge in [-0.2, -0.15) is 0 Å². The van der Waals surface area contributed by atoms with Crippen LogP contribution in [0.1, 0.15) is 44.6 Å². The maximum Gasteiger partial charge on any atom is 0.226 e. The summed E-state index contributed by atoms with van der Waals surface area (Å²) in [6, 6.07) is 17.5. The molecule has 0 fully saturated rings. The molecule has 4 nitrogen and oxygen atoms in total. The van der Waals surface area contributed by atoms with E-state index in [1.165, 1.54) is 18.4 Å². The van der Waals surface area contributed by atoms with E-state index in [2.05, 4.69) is 24.4 Å². The zero-order valence-electron chi connectivity index (χ0n) is 15.7. The van der Waals surface area contributed by atoms with Gasteiger partial charge in [-0.1, -0.05) is 43.7 Å². The topological polar surface area (TPSA) is 49.4 Å². The van der Waals surface area contributed by atoms with Crippen LogP contribution in [0.15, 0.2) is 54.6 Å². The molecule has 2 amide bonds. The third-order valence-corrected chi connectivity index (χ3v) is 4.37. The molecular formula is C22H28N2O2. The number of anilines is 2. The minimum absolute atomic E-state index is 0.0178. The highest BCUT2D eigenvalue weighted by molar-refractivity contribution is 5.94. The molecule has 0 radical (unpaired) electrons. The Kier molecular flexibility index (Phi) is 7.87. The number of aryl methyl sites for hydroxylation is 1. The van der Waals surface area contributed by atoms with Gasteiger partial charge in [-0.15, -0.1) is 0 Å². The first-order valence-corrected chi connectivity index (χ1v) is 9.30. The average Bonchev–Trinajstić information content (AvgIpc) is 2.67. The number of carbonyl (C=O) groups excluding carboxylic acids is 2. The van der Waals surface area contributed by atoms with E-state index in [0.29, 0.717) is 19.3 Å². The highest BCUT2D eigenvalue weighted by atomic mass is 16.2. The quantitative estimate of drug-likeness (QED) is 0.704. The average molecular weight is 352 g/mol. The second kappa shape index (κ2) is 10.4. The van der Waals surface area contributed by atoms with Crippen LogP contribution >= 0.6 is 0 Å². The summed E-state index contributed by atoms with van der Waals surface area (Å²) in [5.74, 6) is -0.0363. The van der Waals surface area contributed by atoms with E-state index < -0.39 is 0 Å². The summed E-state index contributed by atoms with van der Waals surface area (Å²) in [6.07, 6.45) is 4.66. The van der Waals surface area contributed by atoms with Gasteiger partial charge in [0.25, 0.3) is 0 Å². The molecule has 4 heteroatoms. The van der Waals surface area contributed by atoms with E-state index in [1.807, 2.05) is 42.5 Å². The fourth-order valence-corrected chi connectivity index (χ4v) is 2.72. The highest BCUT2D eigenvalue weighted by Gasteiger charge is 2.11. The van der Waals surface area contributed by atoms with Gasteiger partial charge in [-0.05, 0) is 49.1 Å². The predicted octanol–water partition coefficient (Wildman–Crippen LogP) is 4.80. The molecule has 0 saturated heterocycles. The summed E-state index contributed by atoms with van der Waals surface area (Å²) in [5.41, 5.74) is 2.97. The van der Waals surface area contributed by atoms with Crippen molar-refractivity contribution in [3.63, 3.8) is 0 Å². The molecule has 0 heterocycles. The van der Waals surface area contributed by atoms with Crippen LogP contribution in [0, 0.1) is 0 Å². The zero-order valence-corrected chi connectivity index (χ0v) is 15.7. The fourth-order valence-electron chi connectivity index (χ4n) is 2.72. The summed E-state index contributed by atoms with van der Waals surface area (Å²) in [4.78, 5) is 25.9. The highest BCUT2D eigenvalue weighted by Crippen LogP contribution is 2.15. The molecule has 0 bridgehead atoms. The number of nitrogens with zero attached hydrogens (tertiary/aromatic N) is 1. The molecule has 2 aromatic rings. The zero-order chi connectivity index (χ0) is 18.8. The monoisotopic (exact) mass is 352 g/mol. The van der Waals surface area contributed by atoms with E-state index in [9.17, 15) is 9.59 Å². The number of benzene rings is 2. The minimum Gasteiger partial charge on any atom is -0.326 e. The molecule has 0 aliphatic carbocycles. The molecule has 0 aromatic heterocycles. The second-order valence-electron chi connectivity index (χ2n) is 6.49. The van der Waals surface area contributed by atoms with Crippen molar-refractivity contribution in [2.24, 2.45) is 0 Å². The van der Waals surface area contributed by atoms with Gasteiger partial charge in [0.05, 0.1) is 0 Å². The Morgan fingerprint density at radius 2 is 1.62 bits per heavy atom. The molecule has 0 aliphatic rings. The first-order valence-electron chi connectivity index (χ1n) is 9.30. The Labute approximate surface area is 156 Å². The molecule has 0 atom stereocenters. The van der Waals surface area contributed by atoms with Crippen LogP contribution in [0.5, 0.6) is 0 Å². The van der Waals surface area contributed by atoms with Gasteiger partial charge >= 0.3 is 0 Å². The molecular weight excluding hydrogens is 324 g/mol. The second-order valence-corrected chi connectivity index (χ2v) is 6.49. The van der Waals surface area contributed by atoms with Crippen molar-refractivity contribution in [3.05, 3.63) is 60.2 Å². The lowest BCUT2D eigenvalue weighted by atomic mass is 10.1. The van der Waals surface area contributed by atoms with Gasteiger partial charge in [0.15, 0.2) is 0 Å².